The van der Waals surface area contributed by atoms with E-state index >= 15 is 0 Å². The first kappa shape index (κ1) is 30.3. The SMILES string of the molecule is NC(=O)C1C2Cc3cccc(O)c3C(O)=C2C(=O)C2(O)C(=O)CC(O)CC12.O=S(=O)(O)O.O=S(=O)(O)O. The number of benzene rings is 1. The van der Waals surface area contributed by atoms with Gasteiger partial charge >= 0.3 is 20.8 Å². The van der Waals surface area contributed by atoms with Gasteiger partial charge in [-0.15, -0.1) is 0 Å². The van der Waals surface area contributed by atoms with Crippen LogP contribution >= 0.6 is 0 Å². The van der Waals surface area contributed by atoms with E-state index in [1.807, 2.05) is 0 Å². The molecule has 206 valence electrons. The molecule has 18 heteroatoms. The molecular formula is C19H23NO15S2. The van der Waals surface area contributed by atoms with Gasteiger partial charge in [-0.3, -0.25) is 32.6 Å². The lowest BCUT2D eigenvalue weighted by atomic mass is 9.53. The van der Waals surface area contributed by atoms with Gasteiger partial charge in [0.2, 0.25) is 11.7 Å². The van der Waals surface area contributed by atoms with Gasteiger partial charge in [-0.2, -0.15) is 16.8 Å². The Hall–Kier alpha value is -2.97. The van der Waals surface area contributed by atoms with Crippen LogP contribution < -0.4 is 5.73 Å². The molecule has 5 atom stereocenters. The molecule has 2 fully saturated rings. The lowest BCUT2D eigenvalue weighted by molar-refractivity contribution is -0.173. The van der Waals surface area contributed by atoms with Crippen molar-refractivity contribution < 1.29 is 69.9 Å². The molecule has 3 aliphatic rings. The number of aromatic hydroxyl groups is 1. The van der Waals surface area contributed by atoms with Crippen molar-refractivity contribution in [3.05, 3.63) is 34.9 Å². The third kappa shape index (κ3) is 6.67. The summed E-state index contributed by atoms with van der Waals surface area (Å²) in [6.45, 7) is 0. The second kappa shape index (κ2) is 10.4. The zero-order chi connectivity index (χ0) is 28.7. The summed E-state index contributed by atoms with van der Waals surface area (Å²) >= 11 is 0. The normalized spacial score (nSPS) is 28.9. The van der Waals surface area contributed by atoms with Crippen molar-refractivity contribution in [2.45, 2.75) is 31.0 Å². The number of phenols is 1. The van der Waals surface area contributed by atoms with Crippen LogP contribution in [-0.2, 0) is 41.6 Å². The van der Waals surface area contributed by atoms with Gasteiger partial charge in [0.1, 0.15) is 11.5 Å². The van der Waals surface area contributed by atoms with E-state index in [0.717, 1.165) is 0 Å². The second-order valence-corrected chi connectivity index (χ2v) is 10.2. The number of ketones is 2. The number of nitrogens with two attached hydrogens (primary N) is 1. The van der Waals surface area contributed by atoms with Crippen LogP contribution in [0.5, 0.6) is 5.75 Å². The molecule has 5 unspecified atom stereocenters. The smallest absolute Gasteiger partial charge is 0.394 e. The van der Waals surface area contributed by atoms with Gasteiger partial charge in [-0.05, 0) is 24.5 Å². The van der Waals surface area contributed by atoms with Gasteiger partial charge in [-0.25, -0.2) is 0 Å². The standard InChI is InChI=1S/C19H19NO7.2H2O4S/c20-18(26)14-9-4-7-2-1-3-11(22)13(7)16(24)15(9)17(25)19(27)10(14)5-8(21)6-12(19)23;2*1-5(2,3)4/h1-3,8-10,14,21-22,24,27H,4-6H2,(H2,20,26);2*(H2,1,2,3,4). The number of phenolic OH excluding ortho intramolecular Hbond substituents is 1. The van der Waals surface area contributed by atoms with E-state index in [0.29, 0.717) is 5.56 Å². The Morgan fingerprint density at radius 3 is 1.97 bits per heavy atom. The van der Waals surface area contributed by atoms with Gasteiger partial charge in [0.15, 0.2) is 11.4 Å². The fourth-order valence-electron chi connectivity index (χ4n) is 4.97. The minimum absolute atomic E-state index is 0.0469. The number of fused-ring (bicyclic) bond motifs is 3. The Kier molecular flexibility index (Phi) is 8.52. The zero-order valence-corrected chi connectivity index (χ0v) is 20.1. The highest BCUT2D eigenvalue weighted by Gasteiger charge is 2.64. The van der Waals surface area contributed by atoms with E-state index in [1.165, 1.54) is 6.07 Å². The highest BCUT2D eigenvalue weighted by molar-refractivity contribution is 7.80. The molecule has 2 saturated carbocycles. The molecule has 3 aliphatic carbocycles. The number of Topliss-reactive ketones (excluding diaryl/α,β-unsaturated/α-hetero) is 2. The van der Waals surface area contributed by atoms with Gasteiger partial charge < -0.3 is 26.2 Å². The second-order valence-electron chi connectivity index (χ2n) is 8.43. The Labute approximate surface area is 209 Å². The molecule has 0 aromatic heterocycles. The van der Waals surface area contributed by atoms with E-state index in [-0.39, 0.29) is 29.7 Å². The summed E-state index contributed by atoms with van der Waals surface area (Å²) in [6, 6.07) is 4.56. The van der Waals surface area contributed by atoms with Gasteiger partial charge in [0.25, 0.3) is 0 Å². The average Bonchev–Trinajstić information content (AvgIpc) is 2.68. The van der Waals surface area contributed by atoms with Crippen LogP contribution in [0.3, 0.4) is 0 Å². The number of carbonyl (C=O) groups excluding carboxylic acids is 3. The van der Waals surface area contributed by atoms with Crippen LogP contribution in [0.4, 0.5) is 0 Å². The highest BCUT2D eigenvalue weighted by Crippen LogP contribution is 2.53. The average molecular weight is 570 g/mol. The number of rotatable bonds is 1. The van der Waals surface area contributed by atoms with Crippen LogP contribution in [0, 0.1) is 17.8 Å². The lowest BCUT2D eigenvalue weighted by Crippen LogP contribution is -2.66. The Balaban J connectivity index is 0.000000412. The summed E-state index contributed by atoms with van der Waals surface area (Å²) in [4.78, 5) is 37.9. The molecule has 0 aliphatic heterocycles. The summed E-state index contributed by atoms with van der Waals surface area (Å²) in [5.41, 5.74) is 3.34. The number of aliphatic hydroxyl groups excluding tert-OH is 2. The molecule has 1 aromatic rings. The molecular weight excluding hydrogens is 546 g/mol. The summed E-state index contributed by atoms with van der Waals surface area (Å²) in [6.07, 6.45) is -1.51. The molecule has 4 rings (SSSR count). The van der Waals surface area contributed by atoms with Crippen molar-refractivity contribution in [1.29, 1.82) is 0 Å². The Morgan fingerprint density at radius 1 is 0.973 bits per heavy atom. The third-order valence-electron chi connectivity index (χ3n) is 6.13. The van der Waals surface area contributed by atoms with Crippen molar-refractivity contribution >= 4 is 44.0 Å². The first-order valence-electron chi connectivity index (χ1n) is 10.1. The fraction of sp³-hybridized carbons (Fsp3) is 0.421. The molecule has 1 amide bonds. The molecule has 0 bridgehead atoms. The molecule has 0 radical (unpaired) electrons. The fourth-order valence-corrected chi connectivity index (χ4v) is 4.97. The first-order chi connectivity index (χ1) is 16.7. The maximum absolute atomic E-state index is 13.1. The number of aliphatic hydroxyl groups is 3. The van der Waals surface area contributed by atoms with E-state index < -0.39 is 79.9 Å². The maximum atomic E-state index is 13.1. The van der Waals surface area contributed by atoms with E-state index in [4.69, 9.17) is 40.8 Å². The molecule has 16 nitrogen and oxygen atoms in total. The minimum Gasteiger partial charge on any atom is -0.507 e. The predicted molar refractivity (Wildman–Crippen MR) is 120 cm³/mol. The van der Waals surface area contributed by atoms with E-state index in [1.54, 1.807) is 12.1 Å². The van der Waals surface area contributed by atoms with Gasteiger partial charge in [0, 0.05) is 23.8 Å². The topological polar surface area (TPSA) is 307 Å². The third-order valence-corrected chi connectivity index (χ3v) is 6.13. The first-order valence-corrected chi connectivity index (χ1v) is 12.9. The Bertz CT molecular complexity index is 1320. The molecule has 37 heavy (non-hydrogen) atoms. The number of carbonyl (C=O) groups is 3. The lowest BCUT2D eigenvalue weighted by Gasteiger charge is -2.50. The number of primary amides is 1. The quantitative estimate of drug-likeness (QED) is 0.134. The minimum atomic E-state index is -4.67. The van der Waals surface area contributed by atoms with E-state index in [2.05, 4.69) is 0 Å². The van der Waals surface area contributed by atoms with Crippen LogP contribution in [0.1, 0.15) is 24.0 Å². The number of amides is 1. The summed E-state index contributed by atoms with van der Waals surface area (Å²) in [5, 5.41) is 41.8. The Morgan fingerprint density at radius 2 is 1.49 bits per heavy atom. The molecule has 1 aromatic carbocycles. The summed E-state index contributed by atoms with van der Waals surface area (Å²) in [7, 11) is -9.33. The zero-order valence-electron chi connectivity index (χ0n) is 18.5. The van der Waals surface area contributed by atoms with Crippen molar-refractivity contribution in [2.24, 2.45) is 23.5 Å². The molecule has 10 N–H and O–H groups in total. The van der Waals surface area contributed by atoms with E-state index in [9.17, 15) is 34.8 Å². The number of hydrogen-bond acceptors (Lipinski definition) is 11. The number of hydrogen-bond donors (Lipinski definition) is 9. The van der Waals surface area contributed by atoms with Crippen molar-refractivity contribution in [2.75, 3.05) is 0 Å². The highest BCUT2D eigenvalue weighted by atomic mass is 32.3. The largest absolute Gasteiger partial charge is 0.507 e. The molecule has 0 heterocycles. The van der Waals surface area contributed by atoms with Gasteiger partial charge in [0.05, 0.1) is 17.6 Å². The van der Waals surface area contributed by atoms with Gasteiger partial charge in [-0.1, -0.05) is 12.1 Å². The monoisotopic (exact) mass is 569 g/mol. The van der Waals surface area contributed by atoms with Crippen LogP contribution in [0.15, 0.2) is 23.8 Å². The van der Waals surface area contributed by atoms with Crippen LogP contribution in [0.2, 0.25) is 0 Å². The van der Waals surface area contributed by atoms with Crippen molar-refractivity contribution in [1.82, 2.24) is 0 Å². The summed E-state index contributed by atoms with van der Waals surface area (Å²) < 4.78 is 63.2. The molecule has 0 saturated heterocycles. The predicted octanol–water partition coefficient (Wildman–Crippen LogP) is -1.72. The van der Waals surface area contributed by atoms with Crippen LogP contribution in [0.25, 0.3) is 5.76 Å². The van der Waals surface area contributed by atoms with Crippen molar-refractivity contribution in [3.8, 4) is 5.75 Å². The molecule has 0 spiro atoms. The van der Waals surface area contributed by atoms with Crippen molar-refractivity contribution in [3.63, 3.8) is 0 Å². The summed E-state index contributed by atoms with van der Waals surface area (Å²) in [5.74, 6) is -6.67. The maximum Gasteiger partial charge on any atom is 0.394 e. The van der Waals surface area contributed by atoms with Crippen LogP contribution in [-0.4, -0.2) is 84.7 Å².